The summed E-state index contributed by atoms with van der Waals surface area (Å²) in [5.41, 5.74) is 3.56. The van der Waals surface area contributed by atoms with E-state index < -0.39 is 0 Å². The topological polar surface area (TPSA) is 63.9 Å². The Hall–Kier alpha value is -1.65. The Balaban J connectivity index is 0.00000300. The maximum Gasteiger partial charge on any atom is 0.193 e. The molecule has 0 spiro atoms. The van der Waals surface area contributed by atoms with Crippen LogP contribution < -0.4 is 5.32 Å². The van der Waals surface area contributed by atoms with Crippen molar-refractivity contribution in [3.05, 3.63) is 53.3 Å². The number of aromatic nitrogens is 2. The predicted molar refractivity (Wildman–Crippen MR) is 125 cm³/mol. The third-order valence-electron chi connectivity index (χ3n) is 4.85. The molecule has 7 nitrogen and oxygen atoms in total. The molecule has 0 aliphatic carbocycles. The summed E-state index contributed by atoms with van der Waals surface area (Å²) < 4.78 is 13.2. The van der Waals surface area contributed by atoms with E-state index in [0.29, 0.717) is 12.7 Å². The van der Waals surface area contributed by atoms with Crippen molar-refractivity contribution in [1.29, 1.82) is 0 Å². The van der Waals surface area contributed by atoms with Gasteiger partial charge in [0.15, 0.2) is 5.96 Å². The van der Waals surface area contributed by atoms with Crippen molar-refractivity contribution in [2.75, 3.05) is 27.3 Å². The number of halogens is 1. The van der Waals surface area contributed by atoms with E-state index in [9.17, 15) is 0 Å². The van der Waals surface area contributed by atoms with E-state index in [0.717, 1.165) is 50.7 Å². The number of ether oxygens (including phenoxy) is 2. The molecule has 3 rings (SSSR count). The first-order valence-electron chi connectivity index (χ1n) is 9.80. The second-order valence-corrected chi connectivity index (χ2v) is 7.22. The van der Waals surface area contributed by atoms with Crippen LogP contribution in [-0.4, -0.2) is 54.1 Å². The Labute approximate surface area is 190 Å². The monoisotopic (exact) mass is 513 g/mol. The fraction of sp³-hybridized carbons (Fsp3) is 0.524. The zero-order valence-electron chi connectivity index (χ0n) is 17.5. The van der Waals surface area contributed by atoms with E-state index in [1.165, 1.54) is 11.1 Å². The largest absolute Gasteiger partial charge is 0.381 e. The zero-order valence-corrected chi connectivity index (χ0v) is 19.8. The lowest BCUT2D eigenvalue weighted by Gasteiger charge is -2.23. The zero-order chi connectivity index (χ0) is 19.8. The number of benzene rings is 1. The average Bonchev–Trinajstić information content (AvgIpc) is 3.12. The molecule has 1 aromatic heterocycles. The lowest BCUT2D eigenvalue weighted by Crippen LogP contribution is -2.38. The number of guanidine groups is 1. The predicted octanol–water partition coefficient (Wildman–Crippen LogP) is 2.94. The third kappa shape index (κ3) is 7.60. The van der Waals surface area contributed by atoms with Crippen LogP contribution in [0.4, 0.5) is 0 Å². The van der Waals surface area contributed by atoms with Crippen LogP contribution in [0.1, 0.15) is 29.5 Å². The van der Waals surface area contributed by atoms with Crippen molar-refractivity contribution in [3.63, 3.8) is 0 Å². The molecule has 1 aliphatic heterocycles. The minimum Gasteiger partial charge on any atom is -0.381 e. The minimum absolute atomic E-state index is 0. The third-order valence-corrected chi connectivity index (χ3v) is 4.85. The number of nitrogens with zero attached hydrogens (tertiary/aromatic N) is 4. The first-order chi connectivity index (χ1) is 13.6. The molecule has 1 N–H and O–H groups in total. The van der Waals surface area contributed by atoms with Crippen LogP contribution >= 0.6 is 24.0 Å². The van der Waals surface area contributed by atoms with Crippen LogP contribution in [0.5, 0.6) is 0 Å². The Bertz CT molecular complexity index is 774. The first-order valence-corrected chi connectivity index (χ1v) is 9.80. The van der Waals surface area contributed by atoms with Crippen molar-refractivity contribution in [2.45, 2.75) is 38.6 Å². The van der Waals surface area contributed by atoms with Gasteiger partial charge in [0.05, 0.1) is 18.9 Å². The maximum atomic E-state index is 6.04. The molecule has 8 heteroatoms. The number of nitrogens with one attached hydrogen (secondary N) is 1. The SMILES string of the molecule is CN=C(NCc1cccc(COC2CCOCC2)c1)N(C)Cc1cnn(C)c1.I. The number of aryl methyl sites for hydroxylation is 1. The van der Waals surface area contributed by atoms with Gasteiger partial charge in [-0.2, -0.15) is 5.10 Å². The summed E-state index contributed by atoms with van der Waals surface area (Å²) in [6.07, 6.45) is 6.19. The Morgan fingerprint density at radius 3 is 2.76 bits per heavy atom. The highest BCUT2D eigenvalue weighted by Crippen LogP contribution is 2.14. The summed E-state index contributed by atoms with van der Waals surface area (Å²) >= 11 is 0. The van der Waals surface area contributed by atoms with Gasteiger partial charge in [-0.25, -0.2) is 0 Å². The van der Waals surface area contributed by atoms with Crippen LogP contribution in [0.15, 0.2) is 41.7 Å². The van der Waals surface area contributed by atoms with Crippen LogP contribution in [0, 0.1) is 0 Å². The van der Waals surface area contributed by atoms with Crippen molar-refractivity contribution in [1.82, 2.24) is 20.0 Å². The van der Waals surface area contributed by atoms with E-state index in [1.54, 1.807) is 7.05 Å². The first kappa shape index (κ1) is 23.6. The van der Waals surface area contributed by atoms with Crippen molar-refractivity contribution >= 4 is 29.9 Å². The quantitative estimate of drug-likeness (QED) is 0.351. The molecule has 1 fully saturated rings. The normalized spacial score (nSPS) is 15.1. The van der Waals surface area contributed by atoms with Gasteiger partial charge in [0, 0.05) is 59.2 Å². The average molecular weight is 513 g/mol. The van der Waals surface area contributed by atoms with Crippen LogP contribution in [0.2, 0.25) is 0 Å². The lowest BCUT2D eigenvalue weighted by molar-refractivity contribution is -0.0390. The van der Waals surface area contributed by atoms with Crippen LogP contribution in [0.25, 0.3) is 0 Å². The standard InChI is InChI=1S/C21H31N5O2.HI/c1-22-21(25(2)14-19-13-24-26(3)15-19)23-12-17-5-4-6-18(11-17)16-28-20-7-9-27-10-8-20;/h4-6,11,13,15,20H,7-10,12,14,16H2,1-3H3,(H,22,23);1H. The smallest absolute Gasteiger partial charge is 0.193 e. The Morgan fingerprint density at radius 1 is 1.31 bits per heavy atom. The number of aliphatic imine (C=N–C) groups is 1. The highest BCUT2D eigenvalue weighted by molar-refractivity contribution is 14.0. The molecular weight excluding hydrogens is 481 g/mol. The van der Waals surface area contributed by atoms with E-state index in [4.69, 9.17) is 9.47 Å². The van der Waals surface area contributed by atoms with Gasteiger partial charge in [0.2, 0.25) is 0 Å². The Kier molecular flexibility index (Phi) is 9.89. The summed E-state index contributed by atoms with van der Waals surface area (Å²) in [6, 6.07) is 8.52. The fourth-order valence-corrected chi connectivity index (χ4v) is 3.35. The summed E-state index contributed by atoms with van der Waals surface area (Å²) in [4.78, 5) is 6.49. The number of rotatable bonds is 7. The highest BCUT2D eigenvalue weighted by atomic mass is 127. The second kappa shape index (κ2) is 12.1. The van der Waals surface area contributed by atoms with E-state index in [-0.39, 0.29) is 24.0 Å². The molecule has 160 valence electrons. The molecule has 0 radical (unpaired) electrons. The molecule has 0 amide bonds. The molecule has 2 aromatic rings. The second-order valence-electron chi connectivity index (χ2n) is 7.22. The molecule has 2 heterocycles. The molecule has 0 atom stereocenters. The highest BCUT2D eigenvalue weighted by Gasteiger charge is 2.14. The lowest BCUT2D eigenvalue weighted by atomic mass is 10.1. The van der Waals surface area contributed by atoms with Gasteiger partial charge in [-0.15, -0.1) is 24.0 Å². The van der Waals surface area contributed by atoms with Crippen molar-refractivity contribution < 1.29 is 9.47 Å². The molecular formula is C21H32IN5O2. The van der Waals surface area contributed by atoms with Gasteiger partial charge in [-0.05, 0) is 24.0 Å². The van der Waals surface area contributed by atoms with Gasteiger partial charge in [0.1, 0.15) is 0 Å². The minimum atomic E-state index is 0. The fourth-order valence-electron chi connectivity index (χ4n) is 3.35. The van der Waals surface area contributed by atoms with Gasteiger partial charge in [0.25, 0.3) is 0 Å². The maximum absolute atomic E-state index is 6.04. The van der Waals surface area contributed by atoms with Gasteiger partial charge in [-0.3, -0.25) is 9.67 Å². The Morgan fingerprint density at radius 2 is 2.07 bits per heavy atom. The summed E-state index contributed by atoms with van der Waals surface area (Å²) in [6.45, 7) is 3.73. The number of hydrogen-bond donors (Lipinski definition) is 1. The van der Waals surface area contributed by atoms with Crippen molar-refractivity contribution in [2.24, 2.45) is 12.0 Å². The molecule has 1 aromatic carbocycles. The molecule has 1 saturated heterocycles. The van der Waals surface area contributed by atoms with E-state index in [2.05, 4.69) is 44.6 Å². The van der Waals surface area contributed by atoms with Crippen molar-refractivity contribution in [3.8, 4) is 0 Å². The van der Waals surface area contributed by atoms with Gasteiger partial charge in [-0.1, -0.05) is 24.3 Å². The van der Waals surface area contributed by atoms with Gasteiger partial charge >= 0.3 is 0 Å². The van der Waals surface area contributed by atoms with Crippen LogP contribution in [-0.2, 0) is 36.2 Å². The molecule has 0 unspecified atom stereocenters. The summed E-state index contributed by atoms with van der Waals surface area (Å²) in [7, 11) is 5.76. The molecule has 0 bridgehead atoms. The van der Waals surface area contributed by atoms with E-state index in [1.807, 2.05) is 31.2 Å². The molecule has 1 aliphatic rings. The van der Waals surface area contributed by atoms with Crippen LogP contribution in [0.3, 0.4) is 0 Å². The number of hydrogen-bond acceptors (Lipinski definition) is 4. The summed E-state index contributed by atoms with van der Waals surface area (Å²) in [5, 5.41) is 7.66. The van der Waals surface area contributed by atoms with Gasteiger partial charge < -0.3 is 19.7 Å². The summed E-state index contributed by atoms with van der Waals surface area (Å²) in [5.74, 6) is 0.854. The molecule has 0 saturated carbocycles. The van der Waals surface area contributed by atoms with E-state index >= 15 is 0 Å². The molecule has 29 heavy (non-hydrogen) atoms.